The first-order valence-electron chi connectivity index (χ1n) is 7.16. The van der Waals surface area contributed by atoms with E-state index in [0.717, 1.165) is 21.3 Å². The van der Waals surface area contributed by atoms with Crippen molar-refractivity contribution < 1.29 is 9.59 Å². The second-order valence-electron chi connectivity index (χ2n) is 5.44. The van der Waals surface area contributed by atoms with E-state index < -0.39 is 12.1 Å². The second kappa shape index (κ2) is 6.04. The molecule has 3 amide bonds. The van der Waals surface area contributed by atoms with E-state index in [1.54, 1.807) is 11.9 Å². The summed E-state index contributed by atoms with van der Waals surface area (Å²) in [7, 11) is 1.71. The summed E-state index contributed by atoms with van der Waals surface area (Å²) in [6.45, 7) is -0.0578. The van der Waals surface area contributed by atoms with E-state index in [0.29, 0.717) is 0 Å². The number of hydrogen-bond donors (Lipinski definition) is 1. The van der Waals surface area contributed by atoms with Crippen LogP contribution in [0.2, 0.25) is 0 Å². The molecule has 0 aliphatic carbocycles. The molecular weight excluding hydrogens is 358 g/mol. The van der Waals surface area contributed by atoms with Crippen molar-refractivity contribution in [2.45, 2.75) is 6.04 Å². The van der Waals surface area contributed by atoms with Gasteiger partial charge in [-0.2, -0.15) is 0 Å². The fourth-order valence-corrected chi connectivity index (χ4v) is 3.27. The van der Waals surface area contributed by atoms with Gasteiger partial charge in [0.25, 0.3) is 0 Å². The van der Waals surface area contributed by atoms with Crippen molar-refractivity contribution in [2.75, 3.05) is 18.5 Å². The van der Waals surface area contributed by atoms with E-state index >= 15 is 0 Å². The smallest absolute Gasteiger partial charge is 0.316 e. The number of hydrogen-bond acceptors (Lipinski definition) is 2. The minimum atomic E-state index is -0.617. The lowest BCUT2D eigenvalue weighted by Crippen LogP contribution is -2.43. The zero-order valence-corrected chi connectivity index (χ0v) is 14.2. The molecule has 0 radical (unpaired) electrons. The molecule has 2 N–H and O–H groups in total. The van der Waals surface area contributed by atoms with Gasteiger partial charge in [0.05, 0.1) is 6.04 Å². The predicted octanol–water partition coefficient (Wildman–Crippen LogP) is 2.90. The maximum absolute atomic E-state index is 12.4. The van der Waals surface area contributed by atoms with Crippen molar-refractivity contribution in [2.24, 2.45) is 5.73 Å². The number of carbonyl (C=O) groups excluding carboxylic acids is 2. The van der Waals surface area contributed by atoms with Crippen molar-refractivity contribution in [3.05, 3.63) is 64.1 Å². The number of fused-ring (bicyclic) bond motifs is 1. The summed E-state index contributed by atoms with van der Waals surface area (Å²) in [5.41, 5.74) is 8.12. The molecular formula is C17H16BrN3O2. The first kappa shape index (κ1) is 15.6. The average Bonchev–Trinajstić information content (AvgIpc) is 2.64. The number of benzene rings is 2. The fourth-order valence-electron chi connectivity index (χ4n) is 2.90. The minimum Gasteiger partial charge on any atom is -0.351 e. The highest BCUT2D eigenvalue weighted by Gasteiger charge is 2.34. The molecule has 23 heavy (non-hydrogen) atoms. The van der Waals surface area contributed by atoms with E-state index in [9.17, 15) is 9.59 Å². The highest BCUT2D eigenvalue weighted by atomic mass is 79.9. The van der Waals surface area contributed by atoms with Crippen molar-refractivity contribution in [3.63, 3.8) is 0 Å². The van der Waals surface area contributed by atoms with Crippen LogP contribution in [0.25, 0.3) is 0 Å². The van der Waals surface area contributed by atoms with Crippen molar-refractivity contribution in [1.82, 2.24) is 4.90 Å². The van der Waals surface area contributed by atoms with Crippen LogP contribution in [-0.4, -0.2) is 30.4 Å². The SMILES string of the molecule is CN1C(=O)CN(C(N)=O)C(c2ccccc2)c2cc(Br)ccc21. The van der Waals surface area contributed by atoms with Gasteiger partial charge in [0, 0.05) is 22.8 Å². The van der Waals surface area contributed by atoms with E-state index in [4.69, 9.17) is 5.73 Å². The third kappa shape index (κ3) is 2.82. The van der Waals surface area contributed by atoms with Gasteiger partial charge in [-0.15, -0.1) is 0 Å². The standard InChI is InChI=1S/C17H16BrN3O2/c1-20-14-8-7-12(18)9-13(14)16(11-5-3-2-4-6-11)21(17(19)23)10-15(20)22/h2-9,16H,10H2,1H3,(H2,19,23). The second-order valence-corrected chi connectivity index (χ2v) is 6.35. The van der Waals surface area contributed by atoms with Crippen LogP contribution in [-0.2, 0) is 4.79 Å². The number of carbonyl (C=O) groups is 2. The van der Waals surface area contributed by atoms with Crippen LogP contribution >= 0.6 is 15.9 Å². The molecule has 3 rings (SSSR count). The third-order valence-corrected chi connectivity index (χ3v) is 4.53. The quantitative estimate of drug-likeness (QED) is 0.834. The van der Waals surface area contributed by atoms with Gasteiger partial charge in [0.1, 0.15) is 6.54 Å². The lowest BCUT2D eigenvalue weighted by Gasteiger charge is -2.29. The van der Waals surface area contributed by atoms with Gasteiger partial charge in [-0.25, -0.2) is 4.79 Å². The van der Waals surface area contributed by atoms with Gasteiger partial charge >= 0.3 is 6.03 Å². The molecule has 1 aliphatic rings. The van der Waals surface area contributed by atoms with Gasteiger partial charge in [0.2, 0.25) is 5.91 Å². The Labute approximate surface area is 142 Å². The molecule has 5 nitrogen and oxygen atoms in total. The van der Waals surface area contributed by atoms with Gasteiger partial charge in [-0.1, -0.05) is 46.3 Å². The molecule has 0 aromatic heterocycles. The van der Waals surface area contributed by atoms with Crippen molar-refractivity contribution in [3.8, 4) is 0 Å². The first-order chi connectivity index (χ1) is 11.0. The molecule has 0 spiro atoms. The molecule has 1 heterocycles. The number of amides is 3. The van der Waals surface area contributed by atoms with Crippen LogP contribution in [0.3, 0.4) is 0 Å². The van der Waals surface area contributed by atoms with Crippen molar-refractivity contribution >= 4 is 33.6 Å². The number of nitrogens with two attached hydrogens (primary N) is 1. The van der Waals surface area contributed by atoms with Crippen LogP contribution in [0, 0.1) is 0 Å². The molecule has 1 aliphatic heterocycles. The molecule has 0 saturated carbocycles. The third-order valence-electron chi connectivity index (χ3n) is 4.04. The average molecular weight is 374 g/mol. The van der Waals surface area contributed by atoms with E-state index in [2.05, 4.69) is 15.9 Å². The predicted molar refractivity (Wildman–Crippen MR) is 92.1 cm³/mol. The summed E-state index contributed by atoms with van der Waals surface area (Å²) in [6.07, 6.45) is 0. The monoisotopic (exact) mass is 373 g/mol. The maximum Gasteiger partial charge on any atom is 0.316 e. The number of halogens is 1. The summed E-state index contributed by atoms with van der Waals surface area (Å²) in [5, 5.41) is 0. The molecule has 2 aromatic rings. The minimum absolute atomic E-state index is 0.0578. The molecule has 6 heteroatoms. The summed E-state index contributed by atoms with van der Waals surface area (Å²) >= 11 is 3.47. The normalized spacial score (nSPS) is 17.7. The van der Waals surface area contributed by atoms with E-state index in [1.165, 1.54) is 4.90 Å². The topological polar surface area (TPSA) is 66.6 Å². The molecule has 0 fully saturated rings. The maximum atomic E-state index is 12.4. The Balaban J connectivity index is 2.27. The zero-order valence-electron chi connectivity index (χ0n) is 12.6. The summed E-state index contributed by atoms with van der Waals surface area (Å²) in [5.74, 6) is -0.175. The van der Waals surface area contributed by atoms with Crippen LogP contribution in [0.5, 0.6) is 0 Å². The number of anilines is 1. The van der Waals surface area contributed by atoms with Gasteiger partial charge in [0.15, 0.2) is 0 Å². The molecule has 2 aromatic carbocycles. The lowest BCUT2D eigenvalue weighted by atomic mass is 9.96. The number of primary amides is 1. The summed E-state index contributed by atoms with van der Waals surface area (Å²) in [6, 6.07) is 14.2. The number of rotatable bonds is 1. The van der Waals surface area contributed by atoms with Crippen molar-refractivity contribution in [1.29, 1.82) is 0 Å². The Hall–Kier alpha value is -2.34. The van der Waals surface area contributed by atoms with E-state index in [-0.39, 0.29) is 12.5 Å². The number of urea groups is 1. The molecule has 1 unspecified atom stereocenters. The highest BCUT2D eigenvalue weighted by molar-refractivity contribution is 9.10. The first-order valence-corrected chi connectivity index (χ1v) is 7.95. The fraction of sp³-hybridized carbons (Fsp3) is 0.176. The van der Waals surface area contributed by atoms with Crippen LogP contribution < -0.4 is 10.6 Å². The zero-order chi connectivity index (χ0) is 16.6. The Morgan fingerprint density at radius 3 is 2.57 bits per heavy atom. The largest absolute Gasteiger partial charge is 0.351 e. The van der Waals surface area contributed by atoms with Gasteiger partial charge in [-0.05, 0) is 23.8 Å². The molecule has 0 bridgehead atoms. The summed E-state index contributed by atoms with van der Waals surface area (Å²) < 4.78 is 0.879. The van der Waals surface area contributed by atoms with Gasteiger partial charge < -0.3 is 15.5 Å². The van der Waals surface area contributed by atoms with Gasteiger partial charge in [-0.3, -0.25) is 4.79 Å². The number of likely N-dealkylation sites (N-methyl/N-ethyl adjacent to an activating group) is 1. The van der Waals surface area contributed by atoms with Crippen LogP contribution in [0.4, 0.5) is 10.5 Å². The Kier molecular flexibility index (Phi) is 4.09. The molecule has 118 valence electrons. The van der Waals surface area contributed by atoms with E-state index in [1.807, 2.05) is 48.5 Å². The Bertz CT molecular complexity index is 764. The van der Waals surface area contributed by atoms with Crippen LogP contribution in [0.15, 0.2) is 53.0 Å². The lowest BCUT2D eigenvalue weighted by molar-refractivity contribution is -0.118. The molecule has 1 atom stereocenters. The summed E-state index contributed by atoms with van der Waals surface area (Å²) in [4.78, 5) is 27.4. The molecule has 0 saturated heterocycles. The number of nitrogens with zero attached hydrogens (tertiary/aromatic N) is 2. The Morgan fingerprint density at radius 1 is 1.22 bits per heavy atom. The Morgan fingerprint density at radius 2 is 1.91 bits per heavy atom. The van der Waals surface area contributed by atoms with Crippen LogP contribution in [0.1, 0.15) is 17.2 Å². The highest BCUT2D eigenvalue weighted by Crippen LogP contribution is 2.38.